The Morgan fingerprint density at radius 2 is 0.872 bits per heavy atom. The Kier molecular flexibility index (Phi) is 16.6. The van der Waals surface area contributed by atoms with Crippen LogP contribution in [0, 0.1) is 29.1 Å². The highest BCUT2D eigenvalue weighted by Crippen LogP contribution is 2.44. The van der Waals surface area contributed by atoms with Crippen LogP contribution in [0.2, 0.25) is 0 Å². The Balaban J connectivity index is 1.08. The van der Waals surface area contributed by atoms with Gasteiger partial charge in [0.05, 0.1) is 28.9 Å². The third-order valence-electron chi connectivity index (χ3n) is 12.5. The third-order valence-corrected chi connectivity index (χ3v) is 12.5. The number of ether oxygens (including phenoxy) is 8. The minimum absolute atomic E-state index is 0.0173. The van der Waals surface area contributed by atoms with E-state index >= 15 is 8.78 Å². The van der Waals surface area contributed by atoms with Crippen molar-refractivity contribution in [3.63, 3.8) is 0 Å². The highest BCUT2D eigenvalue weighted by Gasteiger charge is 2.54. The maximum atomic E-state index is 15.1. The molecule has 15 nitrogen and oxygen atoms in total. The first-order valence-corrected chi connectivity index (χ1v) is 23.9. The molecule has 1 saturated heterocycles. The van der Waals surface area contributed by atoms with Crippen LogP contribution in [-0.4, -0.2) is 92.5 Å². The summed E-state index contributed by atoms with van der Waals surface area (Å²) in [6.45, 7) is -2.42. The number of benzene rings is 7. The van der Waals surface area contributed by atoms with Gasteiger partial charge in [-0.3, -0.25) is 0 Å². The molecule has 0 saturated carbocycles. The van der Waals surface area contributed by atoms with E-state index in [0.717, 1.165) is 22.3 Å². The molecule has 0 aromatic heterocycles. The Hall–Kier alpha value is -9.27. The lowest BCUT2D eigenvalue weighted by Crippen LogP contribution is -2.63. The zero-order valence-electron chi connectivity index (χ0n) is 40.4. The molecule has 20 heteroatoms. The summed E-state index contributed by atoms with van der Waals surface area (Å²) in [5.74, 6) is -21.2. The molecule has 2 aliphatic rings. The van der Waals surface area contributed by atoms with Gasteiger partial charge in [0, 0.05) is 5.92 Å². The second-order valence-corrected chi connectivity index (χ2v) is 17.4. The van der Waals surface area contributed by atoms with E-state index in [9.17, 15) is 41.9 Å². The summed E-state index contributed by atoms with van der Waals surface area (Å²) in [5.41, 5.74) is 3.18. The second-order valence-electron chi connectivity index (χ2n) is 17.4. The van der Waals surface area contributed by atoms with Crippen LogP contribution in [0.1, 0.15) is 58.5 Å². The number of halogens is 5. The van der Waals surface area contributed by atoms with E-state index in [1.807, 2.05) is 36.4 Å². The summed E-state index contributed by atoms with van der Waals surface area (Å²) in [6, 6.07) is 42.0. The van der Waals surface area contributed by atoms with Crippen LogP contribution in [0.15, 0.2) is 170 Å². The SMILES string of the molecule is O=C(N[C@@H](CO[C@@H]1O[C@H](COC(=O)c2ccccc2)[C@@H](OC(=O)c2ccccc2)[C@H](OC(=O)c2ccccc2)[C@H]1OC(=O)c1ccccc1)C(=O)Oc1c(F)c(F)c(F)c(F)c1F)OCC1c2ccccc2-c2ccccc21. The Morgan fingerprint density at radius 3 is 1.36 bits per heavy atom. The number of hydrogen-bond donors (Lipinski definition) is 1. The average molecular weight is 1070 g/mol. The number of fused-ring (bicyclic) bond motifs is 3. The summed E-state index contributed by atoms with van der Waals surface area (Å²) < 4.78 is 120. The molecule has 1 aliphatic heterocycles. The summed E-state index contributed by atoms with van der Waals surface area (Å²) >= 11 is 0. The van der Waals surface area contributed by atoms with E-state index in [-0.39, 0.29) is 28.9 Å². The molecule has 9 rings (SSSR count). The first-order valence-electron chi connectivity index (χ1n) is 23.9. The summed E-state index contributed by atoms with van der Waals surface area (Å²) in [5, 5.41) is 2.14. The van der Waals surface area contributed by atoms with Crippen molar-refractivity contribution in [2.75, 3.05) is 19.8 Å². The molecular weight excluding hydrogens is 1030 g/mol. The topological polar surface area (TPSA) is 188 Å². The van der Waals surface area contributed by atoms with Crippen molar-refractivity contribution in [3.05, 3.63) is 232 Å². The molecule has 78 heavy (non-hydrogen) atoms. The number of nitrogens with one attached hydrogen (secondary N) is 1. The molecule has 1 N–H and O–H groups in total. The second kappa shape index (κ2) is 24.2. The lowest BCUT2D eigenvalue weighted by molar-refractivity contribution is -0.299. The van der Waals surface area contributed by atoms with Crippen LogP contribution in [0.4, 0.5) is 26.7 Å². The van der Waals surface area contributed by atoms with Gasteiger partial charge in [-0.1, -0.05) is 121 Å². The quantitative estimate of drug-likeness (QED) is 0.0227. The molecule has 398 valence electrons. The van der Waals surface area contributed by atoms with Crippen molar-refractivity contribution < 1.29 is 88.6 Å². The zero-order valence-corrected chi connectivity index (χ0v) is 40.4. The van der Waals surface area contributed by atoms with Crippen LogP contribution in [-0.2, 0) is 38.0 Å². The predicted octanol–water partition coefficient (Wildman–Crippen LogP) is 9.47. The maximum absolute atomic E-state index is 15.1. The fraction of sp³-hybridized carbons (Fsp3) is 0.172. The van der Waals surface area contributed by atoms with Gasteiger partial charge in [-0.15, -0.1) is 0 Å². The van der Waals surface area contributed by atoms with Gasteiger partial charge >= 0.3 is 35.9 Å². The number of carbonyl (C=O) groups is 6. The molecular formula is C58H42F5NO14. The number of rotatable bonds is 17. The monoisotopic (exact) mass is 1070 g/mol. The molecule has 1 fully saturated rings. The van der Waals surface area contributed by atoms with Gasteiger partial charge in [-0.2, -0.15) is 8.78 Å². The van der Waals surface area contributed by atoms with E-state index in [2.05, 4.69) is 5.32 Å². The van der Waals surface area contributed by atoms with Gasteiger partial charge in [0.25, 0.3) is 0 Å². The van der Waals surface area contributed by atoms with Gasteiger partial charge < -0.3 is 43.2 Å². The first-order chi connectivity index (χ1) is 37.8. The summed E-state index contributed by atoms with van der Waals surface area (Å²) in [7, 11) is 0. The molecule has 7 aromatic carbocycles. The number of esters is 5. The lowest BCUT2D eigenvalue weighted by Gasteiger charge is -2.44. The van der Waals surface area contributed by atoms with E-state index in [0.29, 0.717) is 0 Å². The van der Waals surface area contributed by atoms with Gasteiger partial charge in [-0.25, -0.2) is 41.9 Å². The largest absolute Gasteiger partial charge is 0.459 e. The molecule has 1 aliphatic carbocycles. The minimum atomic E-state index is -2.56. The molecule has 1 heterocycles. The Bertz CT molecular complexity index is 3260. The Labute approximate surface area is 440 Å². The predicted molar refractivity (Wildman–Crippen MR) is 262 cm³/mol. The van der Waals surface area contributed by atoms with Gasteiger partial charge in [0.2, 0.25) is 34.8 Å². The average Bonchev–Trinajstić information content (AvgIpc) is 3.93. The molecule has 7 aromatic rings. The fourth-order valence-corrected chi connectivity index (χ4v) is 8.65. The van der Waals surface area contributed by atoms with Crippen molar-refractivity contribution in [2.45, 2.75) is 42.7 Å². The summed E-state index contributed by atoms with van der Waals surface area (Å²) in [4.78, 5) is 83.5. The number of carbonyl (C=O) groups excluding carboxylic acids is 6. The number of alkyl carbamates (subject to hydrolysis) is 1. The zero-order chi connectivity index (χ0) is 54.9. The van der Waals surface area contributed by atoms with Gasteiger partial charge in [-0.05, 0) is 70.8 Å². The van der Waals surface area contributed by atoms with Crippen LogP contribution in [0.5, 0.6) is 5.75 Å². The smallest absolute Gasteiger partial charge is 0.407 e. The fourth-order valence-electron chi connectivity index (χ4n) is 8.65. The highest BCUT2D eigenvalue weighted by molar-refractivity contribution is 5.92. The molecule has 0 radical (unpaired) electrons. The van der Waals surface area contributed by atoms with Gasteiger partial charge in [0.1, 0.15) is 19.3 Å². The van der Waals surface area contributed by atoms with Gasteiger partial charge in [0.15, 0.2) is 30.6 Å². The normalized spacial score (nSPS) is 17.8. The highest BCUT2D eigenvalue weighted by atomic mass is 19.2. The third kappa shape index (κ3) is 11.9. The molecule has 0 unspecified atom stereocenters. The van der Waals surface area contributed by atoms with Crippen LogP contribution < -0.4 is 10.1 Å². The first kappa shape index (κ1) is 53.6. The van der Waals surface area contributed by atoms with Crippen molar-refractivity contribution >= 4 is 35.9 Å². The van der Waals surface area contributed by atoms with Crippen molar-refractivity contribution in [1.29, 1.82) is 0 Å². The maximum Gasteiger partial charge on any atom is 0.407 e. The Morgan fingerprint density at radius 1 is 0.462 bits per heavy atom. The summed E-state index contributed by atoms with van der Waals surface area (Å²) in [6.07, 6.45) is -11.1. The van der Waals surface area contributed by atoms with Crippen LogP contribution >= 0.6 is 0 Å². The molecule has 0 bridgehead atoms. The number of hydrogen-bond acceptors (Lipinski definition) is 14. The van der Waals surface area contributed by atoms with Crippen molar-refractivity contribution in [2.24, 2.45) is 0 Å². The number of amides is 1. The van der Waals surface area contributed by atoms with E-state index < -0.39 is 127 Å². The standard InChI is InChI=1S/C58H42F5NO14/c59-43-44(60)46(62)49(47(63)45(43)61)76-56(69)41(64-58(70)73-29-40-38-27-15-13-25-36(38)37-26-14-16-28-39(37)40)30-72-57-51(78-55(68)35-23-11-4-12-24-35)50(77-54(67)34-21-9-3-10-22-34)48(75-53(66)33-19-7-2-8-20-33)42(74-57)31-71-52(65)32-17-5-1-6-18-32/h1-28,40-42,48,50-51,57H,29-31H2,(H,64,70)/t41-,42+,48+,50-,51+,57+/m0/s1. The van der Waals surface area contributed by atoms with E-state index in [1.165, 1.54) is 84.9 Å². The molecule has 6 atom stereocenters. The molecule has 1 amide bonds. The molecule has 0 spiro atoms. The van der Waals surface area contributed by atoms with E-state index in [4.69, 9.17) is 37.9 Å². The van der Waals surface area contributed by atoms with Crippen molar-refractivity contribution in [3.8, 4) is 16.9 Å². The van der Waals surface area contributed by atoms with E-state index in [1.54, 1.807) is 48.5 Å². The van der Waals surface area contributed by atoms with Crippen LogP contribution in [0.3, 0.4) is 0 Å². The lowest BCUT2D eigenvalue weighted by atomic mass is 9.97. The van der Waals surface area contributed by atoms with Crippen molar-refractivity contribution in [1.82, 2.24) is 5.32 Å². The minimum Gasteiger partial charge on any atom is -0.459 e. The van der Waals surface area contributed by atoms with Crippen LogP contribution in [0.25, 0.3) is 11.1 Å².